The van der Waals surface area contributed by atoms with Crippen LogP contribution in [-0.4, -0.2) is 43.1 Å². The van der Waals surface area contributed by atoms with Crippen molar-refractivity contribution in [3.8, 4) is 0 Å². The quantitative estimate of drug-likeness (QED) is 0.375. The zero-order valence-electron chi connectivity index (χ0n) is 16.4. The van der Waals surface area contributed by atoms with Crippen LogP contribution >= 0.6 is 0 Å². The molecule has 152 valence electrons. The van der Waals surface area contributed by atoms with E-state index in [2.05, 4.69) is 19.9 Å². The topological polar surface area (TPSA) is 120 Å². The summed E-state index contributed by atoms with van der Waals surface area (Å²) in [7, 11) is 0. The molecule has 0 atom stereocenters. The van der Waals surface area contributed by atoms with Gasteiger partial charge in [0.2, 0.25) is 23.1 Å². The molecule has 8 heteroatoms. The number of pyridine rings is 4. The fraction of sp³-hybridized carbons (Fsp3) is 0. The van der Waals surface area contributed by atoms with Crippen molar-refractivity contribution >= 4 is 23.1 Å². The summed E-state index contributed by atoms with van der Waals surface area (Å²) in [6.07, 6.45) is 0. The Bertz CT molecular complexity index is 1150. The molecule has 1 aliphatic rings. The molecule has 4 aromatic rings. The first kappa shape index (κ1) is 19.3. The molecule has 0 radical (unpaired) electrons. The van der Waals surface area contributed by atoms with Gasteiger partial charge < -0.3 is 0 Å². The summed E-state index contributed by atoms with van der Waals surface area (Å²) < 4.78 is 0. The molecule has 8 bridgehead atoms. The second-order valence-electron chi connectivity index (χ2n) is 6.95. The van der Waals surface area contributed by atoms with Gasteiger partial charge in [0.25, 0.3) is 0 Å². The lowest BCUT2D eigenvalue weighted by molar-refractivity contribution is 0.102. The maximum atomic E-state index is 13.0. The van der Waals surface area contributed by atoms with Gasteiger partial charge in [-0.05, 0) is 48.5 Å². The molecule has 8 nitrogen and oxygen atoms in total. The minimum atomic E-state index is -0.542. The third kappa shape index (κ3) is 3.29. The zero-order chi connectivity index (χ0) is 22.2. The number of hydrogen-bond donors (Lipinski definition) is 0. The van der Waals surface area contributed by atoms with Gasteiger partial charge >= 0.3 is 0 Å². The Morgan fingerprint density at radius 3 is 0.625 bits per heavy atom. The van der Waals surface area contributed by atoms with E-state index >= 15 is 0 Å². The van der Waals surface area contributed by atoms with Crippen molar-refractivity contribution in [3.05, 3.63) is 118 Å². The van der Waals surface area contributed by atoms with E-state index in [1.54, 1.807) is 0 Å². The second-order valence-corrected chi connectivity index (χ2v) is 6.95. The van der Waals surface area contributed by atoms with E-state index in [0.29, 0.717) is 0 Å². The highest BCUT2D eigenvalue weighted by molar-refractivity contribution is 6.13. The maximum Gasteiger partial charge on any atom is 0.229 e. The maximum absolute atomic E-state index is 13.0. The molecule has 0 N–H and O–H groups in total. The number of carbonyl (C=O) groups excluding carboxylic acids is 4. The van der Waals surface area contributed by atoms with Crippen molar-refractivity contribution < 1.29 is 19.2 Å². The fourth-order valence-corrected chi connectivity index (χ4v) is 3.28. The van der Waals surface area contributed by atoms with Crippen LogP contribution in [0.2, 0.25) is 0 Å². The van der Waals surface area contributed by atoms with Crippen molar-refractivity contribution in [2.24, 2.45) is 0 Å². The third-order valence-electron chi connectivity index (χ3n) is 4.86. The van der Waals surface area contributed by atoms with Crippen LogP contribution in [0.4, 0.5) is 0 Å². The SMILES string of the molecule is O=C1c2cccc(n2)C(=O)c2cccc(n2)C(=O)c2cccc(n2)C(=O)c2cccc1n2. The van der Waals surface area contributed by atoms with E-state index in [4.69, 9.17) is 0 Å². The predicted octanol–water partition coefficient (Wildman–Crippen LogP) is 2.50. The van der Waals surface area contributed by atoms with Crippen molar-refractivity contribution in [2.75, 3.05) is 0 Å². The monoisotopic (exact) mass is 420 g/mol. The highest BCUT2D eigenvalue weighted by atomic mass is 16.1. The van der Waals surface area contributed by atoms with E-state index in [-0.39, 0.29) is 45.6 Å². The second kappa shape index (κ2) is 7.51. The van der Waals surface area contributed by atoms with Gasteiger partial charge in [-0.3, -0.25) is 19.2 Å². The molecule has 0 amide bonds. The van der Waals surface area contributed by atoms with Crippen LogP contribution in [0.5, 0.6) is 0 Å². The van der Waals surface area contributed by atoms with E-state index < -0.39 is 23.1 Å². The average molecular weight is 420 g/mol. The van der Waals surface area contributed by atoms with Crippen LogP contribution in [0.1, 0.15) is 64.7 Å². The van der Waals surface area contributed by atoms with Gasteiger partial charge in [-0.15, -0.1) is 0 Å². The number of rotatable bonds is 0. The highest BCUT2D eigenvalue weighted by Crippen LogP contribution is 2.15. The molecule has 0 saturated carbocycles. The Morgan fingerprint density at radius 1 is 0.312 bits per heavy atom. The van der Waals surface area contributed by atoms with Crippen molar-refractivity contribution in [1.82, 2.24) is 19.9 Å². The molecule has 0 aromatic carbocycles. The summed E-state index contributed by atoms with van der Waals surface area (Å²) in [6.45, 7) is 0. The Labute approximate surface area is 181 Å². The molecule has 0 spiro atoms. The summed E-state index contributed by atoms with van der Waals surface area (Å²) in [4.78, 5) is 68.5. The fourth-order valence-electron chi connectivity index (χ4n) is 3.28. The summed E-state index contributed by atoms with van der Waals surface area (Å²) >= 11 is 0. The normalized spacial score (nSPS) is 13.2. The minimum Gasteiger partial charge on any atom is -0.285 e. The number of carbonyl (C=O) groups is 4. The van der Waals surface area contributed by atoms with E-state index in [9.17, 15) is 19.2 Å². The Morgan fingerprint density at radius 2 is 0.469 bits per heavy atom. The van der Waals surface area contributed by atoms with Crippen molar-refractivity contribution in [3.63, 3.8) is 0 Å². The standard InChI is InChI=1S/C24H12N4O4/c29-21-13-5-1-6-14(25-13)22(30)16-8-3-10-18(27-16)24(32)20-12-4-11-19(28-20)23(31)17-9-2-7-15(21)26-17/h1-12H. The van der Waals surface area contributed by atoms with Crippen molar-refractivity contribution in [2.45, 2.75) is 0 Å². The molecule has 0 fully saturated rings. The minimum absolute atomic E-state index is 0.00704. The molecule has 4 aromatic heterocycles. The molecule has 0 unspecified atom stereocenters. The summed E-state index contributed by atoms with van der Waals surface area (Å²) in [5.74, 6) is -2.17. The lowest BCUT2D eigenvalue weighted by Crippen LogP contribution is -2.17. The van der Waals surface area contributed by atoms with Gasteiger partial charge in [0.1, 0.15) is 45.6 Å². The predicted molar refractivity (Wildman–Crippen MR) is 111 cm³/mol. The summed E-state index contributed by atoms with van der Waals surface area (Å²) in [5.41, 5.74) is -0.0563. The zero-order valence-corrected chi connectivity index (χ0v) is 16.4. The van der Waals surface area contributed by atoms with Crippen molar-refractivity contribution in [1.29, 1.82) is 0 Å². The van der Waals surface area contributed by atoms with Crippen LogP contribution in [0.3, 0.4) is 0 Å². The molecule has 5 heterocycles. The molecule has 0 aliphatic carbocycles. The van der Waals surface area contributed by atoms with Gasteiger partial charge in [0.05, 0.1) is 0 Å². The summed E-state index contributed by atoms with van der Waals surface area (Å²) in [6, 6.07) is 17.7. The van der Waals surface area contributed by atoms with Crippen LogP contribution in [0, 0.1) is 0 Å². The van der Waals surface area contributed by atoms with Crippen LogP contribution in [-0.2, 0) is 0 Å². The molecular weight excluding hydrogens is 408 g/mol. The first-order chi connectivity index (χ1) is 15.5. The highest BCUT2D eigenvalue weighted by Gasteiger charge is 2.22. The van der Waals surface area contributed by atoms with Crippen LogP contribution in [0.25, 0.3) is 0 Å². The number of nitrogens with zero attached hydrogens (tertiary/aromatic N) is 4. The molecular formula is C24H12N4O4. The molecule has 1 aliphatic heterocycles. The van der Waals surface area contributed by atoms with Gasteiger partial charge in [-0.25, -0.2) is 19.9 Å². The number of aromatic nitrogens is 4. The Hall–Kier alpha value is -4.72. The van der Waals surface area contributed by atoms with Gasteiger partial charge in [-0.2, -0.15) is 0 Å². The molecule has 5 rings (SSSR count). The largest absolute Gasteiger partial charge is 0.285 e. The smallest absolute Gasteiger partial charge is 0.229 e. The number of ketones is 4. The molecule has 32 heavy (non-hydrogen) atoms. The van der Waals surface area contributed by atoms with Crippen LogP contribution < -0.4 is 0 Å². The average Bonchev–Trinajstić information content (AvgIpc) is 2.86. The van der Waals surface area contributed by atoms with Gasteiger partial charge in [-0.1, -0.05) is 24.3 Å². The lowest BCUT2D eigenvalue weighted by Gasteiger charge is -2.08. The Balaban J connectivity index is 1.75. The summed E-state index contributed by atoms with van der Waals surface area (Å²) in [5, 5.41) is 0. The lowest BCUT2D eigenvalue weighted by atomic mass is 10.1. The molecule has 0 saturated heterocycles. The van der Waals surface area contributed by atoms with E-state index in [1.807, 2.05) is 0 Å². The van der Waals surface area contributed by atoms with Gasteiger partial charge in [0, 0.05) is 0 Å². The van der Waals surface area contributed by atoms with Crippen LogP contribution in [0.15, 0.2) is 72.8 Å². The first-order valence-electron chi connectivity index (χ1n) is 9.58. The Kier molecular flexibility index (Phi) is 4.52. The number of fused-ring (bicyclic) bond motifs is 8. The van der Waals surface area contributed by atoms with E-state index in [1.165, 1.54) is 72.8 Å². The first-order valence-corrected chi connectivity index (χ1v) is 9.58. The number of hydrogen-bond acceptors (Lipinski definition) is 8. The van der Waals surface area contributed by atoms with E-state index in [0.717, 1.165) is 0 Å². The van der Waals surface area contributed by atoms with Gasteiger partial charge in [0.15, 0.2) is 0 Å². The third-order valence-corrected chi connectivity index (χ3v) is 4.86.